The van der Waals surface area contributed by atoms with E-state index in [2.05, 4.69) is 10.1 Å². The Balaban J connectivity index is 2.71. The fraction of sp³-hybridized carbons (Fsp3) is 0.250. The van der Waals surface area contributed by atoms with E-state index in [-0.39, 0.29) is 5.65 Å². The summed E-state index contributed by atoms with van der Waals surface area (Å²) in [5.41, 5.74) is 0.910. The summed E-state index contributed by atoms with van der Waals surface area (Å²) in [5.74, 6) is -1.10. The predicted octanol–water partition coefficient (Wildman–Crippen LogP) is 2.66. The molecule has 80 valence electrons. The number of rotatable bonds is 0. The topological polar surface area (TPSA) is 30.2 Å². The molecule has 0 fully saturated rings. The van der Waals surface area contributed by atoms with Crippen molar-refractivity contribution < 1.29 is 13.2 Å². The Morgan fingerprint density at radius 3 is 2.67 bits per heavy atom. The molecule has 0 bridgehead atoms. The smallest absolute Gasteiger partial charge is 0.219 e. The minimum Gasteiger partial charge on any atom is -0.219 e. The Labute approximate surface area is 96.4 Å². The van der Waals surface area contributed by atoms with Crippen LogP contribution in [0.4, 0.5) is 13.2 Å². The second kappa shape index (κ2) is 3.32. The van der Waals surface area contributed by atoms with E-state index in [0.29, 0.717) is 5.56 Å². The van der Waals surface area contributed by atoms with Crippen LogP contribution in [-0.4, -0.2) is 14.6 Å². The summed E-state index contributed by atoms with van der Waals surface area (Å²) in [5, 5.41) is 3.38. The van der Waals surface area contributed by atoms with Gasteiger partial charge in [-0.05, 0) is 41.1 Å². The Morgan fingerprint density at radius 1 is 1.40 bits per heavy atom. The van der Waals surface area contributed by atoms with Crippen molar-refractivity contribution in [1.82, 2.24) is 14.6 Å². The molecule has 0 aliphatic carbocycles. The van der Waals surface area contributed by atoms with Crippen LogP contribution in [0.2, 0.25) is 0 Å². The molecule has 3 nitrogen and oxygen atoms in total. The van der Waals surface area contributed by atoms with E-state index in [4.69, 9.17) is 0 Å². The highest BCUT2D eigenvalue weighted by atomic mass is 127. The Bertz CT molecular complexity index is 518. The average Bonchev–Trinajstić information content (AvgIpc) is 2.46. The molecule has 2 heterocycles. The molecule has 0 atom stereocenters. The van der Waals surface area contributed by atoms with Gasteiger partial charge in [-0.15, -0.1) is 5.10 Å². The molecule has 0 unspecified atom stereocenters. The summed E-state index contributed by atoms with van der Waals surface area (Å²) >= 11 is 2.01. The third-order valence-corrected chi connectivity index (χ3v) is 2.43. The number of halogens is 4. The van der Waals surface area contributed by atoms with Crippen molar-refractivity contribution in [1.29, 1.82) is 0 Å². The van der Waals surface area contributed by atoms with Crippen molar-refractivity contribution in [3.63, 3.8) is 0 Å². The molecule has 0 aliphatic heterocycles. The van der Waals surface area contributed by atoms with Crippen molar-refractivity contribution in [3.05, 3.63) is 27.2 Å². The van der Waals surface area contributed by atoms with E-state index in [1.54, 1.807) is 13.0 Å². The maximum atomic E-state index is 12.3. The number of aromatic nitrogens is 3. The van der Waals surface area contributed by atoms with Gasteiger partial charge in [-0.1, -0.05) is 0 Å². The standard InChI is InChI=1S/C8H5F3IN3/c1-4-2-5(12)3-15-6(4)13-7(14-15)8(9,10)11/h2-3H,1H3. The molecular weight excluding hydrogens is 322 g/mol. The lowest BCUT2D eigenvalue weighted by molar-refractivity contribution is -0.144. The molecule has 0 aromatic carbocycles. The van der Waals surface area contributed by atoms with Crippen LogP contribution in [0, 0.1) is 10.5 Å². The molecule has 0 spiro atoms. The van der Waals surface area contributed by atoms with Crippen molar-refractivity contribution in [2.75, 3.05) is 0 Å². The van der Waals surface area contributed by atoms with Gasteiger partial charge in [-0.2, -0.15) is 13.2 Å². The van der Waals surface area contributed by atoms with Crippen LogP contribution in [0.3, 0.4) is 0 Å². The summed E-state index contributed by atoms with van der Waals surface area (Å²) in [6, 6.07) is 1.75. The van der Waals surface area contributed by atoms with Crippen molar-refractivity contribution >= 4 is 28.2 Å². The third kappa shape index (κ3) is 1.92. The van der Waals surface area contributed by atoms with Crippen molar-refractivity contribution in [3.8, 4) is 0 Å². The molecule has 2 aromatic heterocycles. The molecule has 0 aliphatic rings. The number of nitrogens with zero attached hydrogens (tertiary/aromatic N) is 3. The van der Waals surface area contributed by atoms with Crippen molar-refractivity contribution in [2.24, 2.45) is 0 Å². The van der Waals surface area contributed by atoms with Gasteiger partial charge in [-0.25, -0.2) is 9.50 Å². The molecule has 0 saturated carbocycles. The molecule has 0 saturated heterocycles. The zero-order valence-corrected chi connectivity index (χ0v) is 9.67. The van der Waals surface area contributed by atoms with Gasteiger partial charge in [0.05, 0.1) is 0 Å². The average molecular weight is 327 g/mol. The monoisotopic (exact) mass is 327 g/mol. The Morgan fingerprint density at radius 2 is 2.07 bits per heavy atom. The maximum absolute atomic E-state index is 12.3. The zero-order valence-electron chi connectivity index (χ0n) is 7.51. The van der Waals surface area contributed by atoms with E-state index in [0.717, 1.165) is 8.09 Å². The van der Waals surface area contributed by atoms with Gasteiger partial charge in [0.1, 0.15) is 0 Å². The number of fused-ring (bicyclic) bond motifs is 1. The first kappa shape index (κ1) is 10.7. The summed E-state index contributed by atoms with van der Waals surface area (Å²) in [7, 11) is 0. The summed E-state index contributed by atoms with van der Waals surface area (Å²) in [4.78, 5) is 3.45. The van der Waals surface area contributed by atoms with E-state index < -0.39 is 12.0 Å². The molecule has 7 heteroatoms. The Kier molecular flexibility index (Phi) is 2.36. The fourth-order valence-corrected chi connectivity index (χ4v) is 1.96. The van der Waals surface area contributed by atoms with E-state index in [9.17, 15) is 13.2 Å². The minimum absolute atomic E-state index is 0.239. The van der Waals surface area contributed by atoms with Gasteiger partial charge in [0, 0.05) is 9.77 Å². The minimum atomic E-state index is -4.50. The van der Waals surface area contributed by atoms with Gasteiger partial charge in [0.2, 0.25) is 0 Å². The molecule has 0 N–H and O–H groups in total. The lowest BCUT2D eigenvalue weighted by atomic mass is 10.3. The number of aryl methyl sites for hydroxylation is 1. The molecule has 15 heavy (non-hydrogen) atoms. The van der Waals surface area contributed by atoms with Crippen molar-refractivity contribution in [2.45, 2.75) is 13.1 Å². The van der Waals surface area contributed by atoms with Crippen LogP contribution in [-0.2, 0) is 6.18 Å². The number of hydrogen-bond donors (Lipinski definition) is 0. The van der Waals surface area contributed by atoms with Crippen LogP contribution in [0.25, 0.3) is 5.65 Å². The van der Waals surface area contributed by atoms with Crippen LogP contribution < -0.4 is 0 Å². The van der Waals surface area contributed by atoms with E-state index in [1.165, 1.54) is 6.20 Å². The summed E-state index contributed by atoms with van der Waals surface area (Å²) in [6.07, 6.45) is -2.99. The first-order valence-corrected chi connectivity index (χ1v) is 5.05. The maximum Gasteiger partial charge on any atom is 0.453 e. The van der Waals surface area contributed by atoms with Gasteiger partial charge in [-0.3, -0.25) is 0 Å². The third-order valence-electron chi connectivity index (χ3n) is 1.84. The lowest BCUT2D eigenvalue weighted by Crippen LogP contribution is -2.07. The van der Waals surface area contributed by atoms with Crippen LogP contribution in [0.1, 0.15) is 11.4 Å². The lowest BCUT2D eigenvalue weighted by Gasteiger charge is -1.96. The number of pyridine rings is 1. The number of alkyl halides is 3. The largest absolute Gasteiger partial charge is 0.453 e. The quantitative estimate of drug-likeness (QED) is 0.697. The zero-order chi connectivity index (χ0) is 11.2. The van der Waals surface area contributed by atoms with Gasteiger partial charge in [0.15, 0.2) is 5.65 Å². The highest BCUT2D eigenvalue weighted by Gasteiger charge is 2.36. The summed E-state index contributed by atoms with van der Waals surface area (Å²) in [6.45, 7) is 1.70. The van der Waals surface area contributed by atoms with Gasteiger partial charge in [0.25, 0.3) is 5.82 Å². The first-order valence-electron chi connectivity index (χ1n) is 3.97. The fourth-order valence-electron chi connectivity index (χ4n) is 1.23. The highest BCUT2D eigenvalue weighted by molar-refractivity contribution is 14.1. The van der Waals surface area contributed by atoms with Crippen LogP contribution in [0.5, 0.6) is 0 Å². The van der Waals surface area contributed by atoms with E-state index in [1.807, 2.05) is 22.6 Å². The molecule has 0 amide bonds. The Hall–Kier alpha value is -0.860. The first-order chi connectivity index (χ1) is 6.88. The molecule has 0 radical (unpaired) electrons. The van der Waals surface area contributed by atoms with Gasteiger partial charge < -0.3 is 0 Å². The second-order valence-electron chi connectivity index (χ2n) is 3.04. The molecule has 2 aromatic rings. The SMILES string of the molecule is Cc1cc(I)cn2nc(C(F)(F)F)nc12. The molecule has 2 rings (SSSR count). The normalized spacial score (nSPS) is 12.3. The van der Waals surface area contributed by atoms with Gasteiger partial charge >= 0.3 is 6.18 Å². The van der Waals surface area contributed by atoms with Crippen LogP contribution >= 0.6 is 22.6 Å². The summed E-state index contributed by atoms with van der Waals surface area (Å²) < 4.78 is 38.9. The molecular formula is C8H5F3IN3. The predicted molar refractivity (Wildman–Crippen MR) is 55.4 cm³/mol. The van der Waals surface area contributed by atoms with Crippen LogP contribution in [0.15, 0.2) is 12.3 Å². The second-order valence-corrected chi connectivity index (χ2v) is 4.29. The highest BCUT2D eigenvalue weighted by Crippen LogP contribution is 2.27. The van der Waals surface area contributed by atoms with E-state index >= 15 is 0 Å². The number of hydrogen-bond acceptors (Lipinski definition) is 2.